The zero-order valence-corrected chi connectivity index (χ0v) is 11.7. The highest BCUT2D eigenvalue weighted by atomic mass is 15.2. The summed E-state index contributed by atoms with van der Waals surface area (Å²) in [6.07, 6.45) is 4.02. The van der Waals surface area contributed by atoms with Crippen molar-refractivity contribution >= 4 is 0 Å². The number of benzene rings is 1. The van der Waals surface area contributed by atoms with Crippen molar-refractivity contribution in [1.29, 1.82) is 0 Å². The van der Waals surface area contributed by atoms with Gasteiger partial charge < -0.3 is 5.73 Å². The minimum atomic E-state index is 0.467. The lowest BCUT2D eigenvalue weighted by Crippen LogP contribution is -2.28. The lowest BCUT2D eigenvalue weighted by Gasteiger charge is -2.23. The fraction of sp³-hybridized carbons (Fsp3) is 0.625. The largest absolute Gasteiger partial charge is 0.330 e. The molecule has 2 N–H and O–H groups in total. The Balaban J connectivity index is 1.97. The first kappa shape index (κ1) is 13.6. The van der Waals surface area contributed by atoms with Crippen LogP contribution in [-0.4, -0.2) is 24.0 Å². The molecular formula is C16H26N2. The van der Waals surface area contributed by atoms with E-state index in [2.05, 4.69) is 43.0 Å². The van der Waals surface area contributed by atoms with Crippen LogP contribution in [0.4, 0.5) is 0 Å². The standard InChI is InChI=1S/C16H26N2/c1-3-16-5-4-10-18(16)12-14-6-8-15(9-7-14)13(2)11-17/h6-9,13,16H,3-5,10-12,17H2,1-2H3. The van der Waals surface area contributed by atoms with Crippen molar-refractivity contribution < 1.29 is 0 Å². The quantitative estimate of drug-likeness (QED) is 0.865. The van der Waals surface area contributed by atoms with Gasteiger partial charge in [0.1, 0.15) is 0 Å². The highest BCUT2D eigenvalue weighted by Crippen LogP contribution is 2.23. The van der Waals surface area contributed by atoms with E-state index in [9.17, 15) is 0 Å². The molecule has 2 unspecified atom stereocenters. The van der Waals surface area contributed by atoms with Crippen LogP contribution in [0.1, 0.15) is 50.2 Å². The van der Waals surface area contributed by atoms with Gasteiger partial charge in [0.25, 0.3) is 0 Å². The minimum absolute atomic E-state index is 0.467. The first-order chi connectivity index (χ1) is 8.74. The summed E-state index contributed by atoms with van der Waals surface area (Å²) in [7, 11) is 0. The minimum Gasteiger partial charge on any atom is -0.330 e. The Kier molecular flexibility index (Phi) is 4.79. The van der Waals surface area contributed by atoms with Gasteiger partial charge in [0, 0.05) is 12.6 Å². The van der Waals surface area contributed by atoms with Crippen LogP contribution in [-0.2, 0) is 6.54 Å². The predicted molar refractivity (Wildman–Crippen MR) is 77.6 cm³/mol. The monoisotopic (exact) mass is 246 g/mol. The topological polar surface area (TPSA) is 29.3 Å². The van der Waals surface area contributed by atoms with E-state index in [0.717, 1.165) is 19.1 Å². The smallest absolute Gasteiger partial charge is 0.0236 e. The SMILES string of the molecule is CCC1CCCN1Cc1ccc(C(C)CN)cc1. The highest BCUT2D eigenvalue weighted by molar-refractivity contribution is 5.25. The van der Waals surface area contributed by atoms with E-state index in [1.54, 1.807) is 0 Å². The molecule has 0 amide bonds. The predicted octanol–water partition coefficient (Wildman–Crippen LogP) is 3.12. The van der Waals surface area contributed by atoms with Crippen molar-refractivity contribution in [2.24, 2.45) is 5.73 Å². The molecule has 0 saturated carbocycles. The molecule has 2 nitrogen and oxygen atoms in total. The third-order valence-corrected chi connectivity index (χ3v) is 4.26. The van der Waals surface area contributed by atoms with Gasteiger partial charge in [0.15, 0.2) is 0 Å². The zero-order chi connectivity index (χ0) is 13.0. The summed E-state index contributed by atoms with van der Waals surface area (Å²) in [5, 5.41) is 0. The maximum absolute atomic E-state index is 5.70. The van der Waals surface area contributed by atoms with Gasteiger partial charge in [-0.3, -0.25) is 4.90 Å². The van der Waals surface area contributed by atoms with Crippen molar-refractivity contribution in [1.82, 2.24) is 4.90 Å². The van der Waals surface area contributed by atoms with Gasteiger partial charge in [-0.2, -0.15) is 0 Å². The first-order valence-electron chi connectivity index (χ1n) is 7.27. The zero-order valence-electron chi connectivity index (χ0n) is 11.7. The van der Waals surface area contributed by atoms with Crippen LogP contribution in [0.3, 0.4) is 0 Å². The summed E-state index contributed by atoms with van der Waals surface area (Å²) in [6.45, 7) is 7.58. The van der Waals surface area contributed by atoms with E-state index in [1.165, 1.54) is 36.9 Å². The van der Waals surface area contributed by atoms with Gasteiger partial charge in [-0.15, -0.1) is 0 Å². The third kappa shape index (κ3) is 3.12. The Bertz CT molecular complexity index is 358. The Morgan fingerprint density at radius 1 is 1.33 bits per heavy atom. The Labute approximate surface area is 111 Å². The van der Waals surface area contributed by atoms with Gasteiger partial charge in [-0.1, -0.05) is 38.1 Å². The molecule has 100 valence electrons. The van der Waals surface area contributed by atoms with Crippen LogP contribution in [0, 0.1) is 0 Å². The van der Waals surface area contributed by atoms with E-state index in [-0.39, 0.29) is 0 Å². The normalized spacial score (nSPS) is 22.3. The van der Waals surface area contributed by atoms with Gasteiger partial charge >= 0.3 is 0 Å². The van der Waals surface area contributed by atoms with Crippen molar-refractivity contribution in [2.45, 2.75) is 51.6 Å². The van der Waals surface area contributed by atoms with Crippen molar-refractivity contribution in [3.05, 3.63) is 35.4 Å². The Morgan fingerprint density at radius 3 is 2.67 bits per heavy atom. The molecule has 18 heavy (non-hydrogen) atoms. The lowest BCUT2D eigenvalue weighted by atomic mass is 10.00. The van der Waals surface area contributed by atoms with Crippen molar-refractivity contribution in [2.75, 3.05) is 13.1 Å². The van der Waals surface area contributed by atoms with Crippen molar-refractivity contribution in [3.8, 4) is 0 Å². The molecule has 1 aliphatic heterocycles. The van der Waals surface area contributed by atoms with Gasteiger partial charge in [-0.25, -0.2) is 0 Å². The number of rotatable bonds is 5. The molecule has 2 heteroatoms. The first-order valence-corrected chi connectivity index (χ1v) is 7.27. The van der Waals surface area contributed by atoms with Crippen LogP contribution < -0.4 is 5.73 Å². The maximum atomic E-state index is 5.70. The fourth-order valence-corrected chi connectivity index (χ4v) is 2.89. The van der Waals surface area contributed by atoms with Crippen molar-refractivity contribution in [3.63, 3.8) is 0 Å². The number of nitrogens with two attached hydrogens (primary N) is 1. The van der Waals surface area contributed by atoms with E-state index in [0.29, 0.717) is 5.92 Å². The molecule has 1 aliphatic rings. The summed E-state index contributed by atoms with van der Waals surface area (Å²) < 4.78 is 0. The average molecular weight is 246 g/mol. The van der Waals surface area contributed by atoms with Crippen LogP contribution in [0.15, 0.2) is 24.3 Å². The molecule has 0 spiro atoms. The van der Waals surface area contributed by atoms with Crippen LogP contribution >= 0.6 is 0 Å². The number of hydrogen-bond donors (Lipinski definition) is 1. The molecule has 1 aromatic rings. The Hall–Kier alpha value is -0.860. The molecular weight excluding hydrogens is 220 g/mol. The van der Waals surface area contributed by atoms with Gasteiger partial charge in [0.2, 0.25) is 0 Å². The second kappa shape index (κ2) is 6.35. The Morgan fingerprint density at radius 2 is 2.06 bits per heavy atom. The molecule has 0 aliphatic carbocycles. The number of hydrogen-bond acceptors (Lipinski definition) is 2. The average Bonchev–Trinajstić information content (AvgIpc) is 2.86. The molecule has 0 radical (unpaired) electrons. The summed E-state index contributed by atoms with van der Waals surface area (Å²) in [5.41, 5.74) is 8.49. The summed E-state index contributed by atoms with van der Waals surface area (Å²) in [6, 6.07) is 9.82. The lowest BCUT2D eigenvalue weighted by molar-refractivity contribution is 0.240. The molecule has 1 aromatic carbocycles. The molecule has 2 rings (SSSR count). The van der Waals surface area contributed by atoms with Gasteiger partial charge in [-0.05, 0) is 49.4 Å². The molecule has 0 bridgehead atoms. The second-order valence-corrected chi connectivity index (χ2v) is 5.55. The maximum Gasteiger partial charge on any atom is 0.0236 e. The van der Waals surface area contributed by atoms with Crippen LogP contribution in [0.2, 0.25) is 0 Å². The molecule has 1 fully saturated rings. The third-order valence-electron chi connectivity index (χ3n) is 4.26. The summed E-state index contributed by atoms with van der Waals surface area (Å²) in [4.78, 5) is 2.63. The molecule has 2 atom stereocenters. The molecule has 1 heterocycles. The highest BCUT2D eigenvalue weighted by Gasteiger charge is 2.22. The number of nitrogens with zero attached hydrogens (tertiary/aromatic N) is 1. The van der Waals surface area contributed by atoms with E-state index in [4.69, 9.17) is 5.73 Å². The van der Waals surface area contributed by atoms with E-state index < -0.39 is 0 Å². The van der Waals surface area contributed by atoms with Gasteiger partial charge in [0.05, 0.1) is 0 Å². The second-order valence-electron chi connectivity index (χ2n) is 5.55. The fourth-order valence-electron chi connectivity index (χ4n) is 2.89. The summed E-state index contributed by atoms with van der Waals surface area (Å²) >= 11 is 0. The van der Waals surface area contributed by atoms with E-state index >= 15 is 0 Å². The molecule has 1 saturated heterocycles. The molecule has 0 aromatic heterocycles. The van der Waals surface area contributed by atoms with Crippen LogP contribution in [0.25, 0.3) is 0 Å². The number of likely N-dealkylation sites (tertiary alicyclic amines) is 1. The van der Waals surface area contributed by atoms with E-state index in [1.807, 2.05) is 0 Å². The summed E-state index contributed by atoms with van der Waals surface area (Å²) in [5.74, 6) is 0.467. The van der Waals surface area contributed by atoms with Crippen LogP contribution in [0.5, 0.6) is 0 Å².